The first kappa shape index (κ1) is 12.2. The predicted octanol–water partition coefficient (Wildman–Crippen LogP) is 3.15. The Labute approximate surface area is 97.2 Å². The number of nitriles is 1. The minimum absolute atomic E-state index is 0.182. The van der Waals surface area contributed by atoms with Gasteiger partial charge in [-0.05, 0) is 47.5 Å². The Hall–Kier alpha value is -0.920. The molecule has 0 radical (unpaired) electrons. The number of nitrogens with zero attached hydrogens (tertiary/aromatic N) is 1. The molecular weight excluding hydrogens is 259 g/mol. The summed E-state index contributed by atoms with van der Waals surface area (Å²) in [6.07, 6.45) is 0. The van der Waals surface area contributed by atoms with E-state index in [2.05, 4.69) is 27.3 Å². The Kier molecular flexibility index (Phi) is 4.25. The number of hydrogen-bond acceptors (Lipinski definition) is 2. The van der Waals surface area contributed by atoms with Gasteiger partial charge in [-0.25, -0.2) is 4.39 Å². The molecule has 0 aliphatic carbocycles. The zero-order valence-electron chi connectivity index (χ0n) is 8.59. The Morgan fingerprint density at radius 2 is 2.13 bits per heavy atom. The first-order valence-electron chi connectivity index (χ1n) is 4.65. The maximum Gasteiger partial charge on any atom is 0.137 e. The number of benzene rings is 1. The van der Waals surface area contributed by atoms with Gasteiger partial charge in [0.25, 0.3) is 0 Å². The zero-order valence-corrected chi connectivity index (χ0v) is 10.2. The van der Waals surface area contributed by atoms with E-state index in [4.69, 9.17) is 5.26 Å². The van der Waals surface area contributed by atoms with Crippen LogP contribution in [-0.4, -0.2) is 6.04 Å². The van der Waals surface area contributed by atoms with Crippen molar-refractivity contribution in [1.29, 1.82) is 5.26 Å². The third-order valence-electron chi connectivity index (χ3n) is 1.91. The molecule has 0 fully saturated rings. The molecule has 80 valence electrons. The van der Waals surface area contributed by atoms with E-state index in [1.165, 1.54) is 6.07 Å². The zero-order chi connectivity index (χ0) is 11.4. The van der Waals surface area contributed by atoms with Gasteiger partial charge < -0.3 is 0 Å². The van der Waals surface area contributed by atoms with Gasteiger partial charge in [-0.15, -0.1) is 0 Å². The fourth-order valence-corrected chi connectivity index (χ4v) is 1.48. The van der Waals surface area contributed by atoms with Gasteiger partial charge in [-0.3, -0.25) is 5.32 Å². The van der Waals surface area contributed by atoms with Gasteiger partial charge in [0, 0.05) is 6.04 Å². The van der Waals surface area contributed by atoms with Crippen molar-refractivity contribution in [3.63, 3.8) is 0 Å². The highest BCUT2D eigenvalue weighted by Gasteiger charge is 2.12. The molecule has 1 atom stereocenters. The highest BCUT2D eigenvalue weighted by atomic mass is 79.9. The second-order valence-corrected chi connectivity index (χ2v) is 4.41. The van der Waals surface area contributed by atoms with Gasteiger partial charge in [-0.2, -0.15) is 5.26 Å². The van der Waals surface area contributed by atoms with Gasteiger partial charge >= 0.3 is 0 Å². The minimum Gasteiger partial charge on any atom is -0.296 e. The number of rotatable bonds is 3. The molecule has 1 unspecified atom stereocenters. The average Bonchev–Trinajstić information content (AvgIpc) is 2.18. The molecule has 1 rings (SSSR count). The lowest BCUT2D eigenvalue weighted by molar-refractivity contribution is 0.541. The number of halogens is 2. The van der Waals surface area contributed by atoms with Crippen LogP contribution in [0.5, 0.6) is 0 Å². The first-order chi connectivity index (χ1) is 7.04. The van der Waals surface area contributed by atoms with Crippen LogP contribution in [0, 0.1) is 17.1 Å². The molecule has 0 amide bonds. The predicted molar refractivity (Wildman–Crippen MR) is 60.7 cm³/mol. The van der Waals surface area contributed by atoms with Crippen molar-refractivity contribution in [3.05, 3.63) is 34.1 Å². The normalized spacial score (nSPS) is 12.5. The van der Waals surface area contributed by atoms with Gasteiger partial charge in [0.05, 0.1) is 10.5 Å². The third kappa shape index (κ3) is 3.29. The van der Waals surface area contributed by atoms with Crippen LogP contribution < -0.4 is 5.32 Å². The molecule has 1 aromatic rings. The summed E-state index contributed by atoms with van der Waals surface area (Å²) in [6, 6.07) is 6.53. The fourth-order valence-electron chi connectivity index (χ4n) is 1.23. The molecule has 0 aliphatic rings. The van der Waals surface area contributed by atoms with E-state index in [9.17, 15) is 4.39 Å². The van der Waals surface area contributed by atoms with Crippen LogP contribution in [0.2, 0.25) is 0 Å². The van der Waals surface area contributed by atoms with Crippen molar-refractivity contribution < 1.29 is 4.39 Å². The summed E-state index contributed by atoms with van der Waals surface area (Å²) in [7, 11) is 0. The second-order valence-electron chi connectivity index (χ2n) is 3.56. The minimum atomic E-state index is -0.465. The highest BCUT2D eigenvalue weighted by Crippen LogP contribution is 2.20. The van der Waals surface area contributed by atoms with Gasteiger partial charge in [0.1, 0.15) is 11.9 Å². The molecule has 0 aromatic heterocycles. The maximum absolute atomic E-state index is 13.2. The van der Waals surface area contributed by atoms with Crippen molar-refractivity contribution in [3.8, 4) is 6.07 Å². The van der Waals surface area contributed by atoms with E-state index in [0.29, 0.717) is 10.0 Å². The molecular formula is C11H12BrFN2. The first-order valence-corrected chi connectivity index (χ1v) is 5.44. The maximum atomic E-state index is 13.2. The van der Waals surface area contributed by atoms with Crippen LogP contribution in [0.4, 0.5) is 4.39 Å². The summed E-state index contributed by atoms with van der Waals surface area (Å²) in [5.74, 6) is -0.349. The summed E-state index contributed by atoms with van der Waals surface area (Å²) in [4.78, 5) is 0. The Bertz CT molecular complexity index is 385. The Balaban J connectivity index is 2.94. The van der Waals surface area contributed by atoms with E-state index < -0.39 is 6.04 Å². The molecule has 15 heavy (non-hydrogen) atoms. The van der Waals surface area contributed by atoms with E-state index >= 15 is 0 Å². The SMILES string of the molecule is CC(C)NC(C#N)c1ccc(Br)c(F)c1. The van der Waals surface area contributed by atoms with Crippen molar-refractivity contribution >= 4 is 15.9 Å². The molecule has 0 saturated heterocycles. The van der Waals surface area contributed by atoms with E-state index in [1.807, 2.05) is 13.8 Å². The summed E-state index contributed by atoms with van der Waals surface area (Å²) in [5.41, 5.74) is 0.645. The molecule has 0 saturated carbocycles. The molecule has 1 aromatic carbocycles. The van der Waals surface area contributed by atoms with Crippen molar-refractivity contribution in [2.75, 3.05) is 0 Å². The summed E-state index contributed by atoms with van der Waals surface area (Å²) in [6.45, 7) is 3.89. The van der Waals surface area contributed by atoms with E-state index in [-0.39, 0.29) is 11.9 Å². The van der Waals surface area contributed by atoms with Crippen LogP contribution >= 0.6 is 15.9 Å². The van der Waals surface area contributed by atoms with Crippen LogP contribution in [0.15, 0.2) is 22.7 Å². The Morgan fingerprint density at radius 3 is 2.60 bits per heavy atom. The Morgan fingerprint density at radius 1 is 1.47 bits per heavy atom. The van der Waals surface area contributed by atoms with Crippen molar-refractivity contribution in [2.24, 2.45) is 0 Å². The van der Waals surface area contributed by atoms with E-state index in [0.717, 1.165) is 0 Å². The van der Waals surface area contributed by atoms with Crippen molar-refractivity contribution in [1.82, 2.24) is 5.32 Å². The smallest absolute Gasteiger partial charge is 0.137 e. The average molecular weight is 271 g/mol. The molecule has 0 spiro atoms. The second kappa shape index (κ2) is 5.24. The molecule has 0 aliphatic heterocycles. The molecule has 0 heterocycles. The lowest BCUT2D eigenvalue weighted by Crippen LogP contribution is -2.27. The monoisotopic (exact) mass is 270 g/mol. The summed E-state index contributed by atoms with van der Waals surface area (Å²) < 4.78 is 13.6. The molecule has 1 N–H and O–H groups in total. The molecule has 2 nitrogen and oxygen atoms in total. The van der Waals surface area contributed by atoms with Crippen LogP contribution in [0.1, 0.15) is 25.5 Å². The van der Waals surface area contributed by atoms with Crippen molar-refractivity contribution in [2.45, 2.75) is 25.9 Å². The molecule has 0 bridgehead atoms. The largest absolute Gasteiger partial charge is 0.296 e. The number of nitrogens with one attached hydrogen (secondary N) is 1. The number of hydrogen-bond donors (Lipinski definition) is 1. The molecule has 4 heteroatoms. The summed E-state index contributed by atoms with van der Waals surface area (Å²) >= 11 is 3.07. The lowest BCUT2D eigenvalue weighted by atomic mass is 10.1. The van der Waals surface area contributed by atoms with Crippen LogP contribution in [-0.2, 0) is 0 Å². The highest BCUT2D eigenvalue weighted by molar-refractivity contribution is 9.10. The van der Waals surface area contributed by atoms with Gasteiger partial charge in [-0.1, -0.05) is 6.07 Å². The third-order valence-corrected chi connectivity index (χ3v) is 2.55. The van der Waals surface area contributed by atoms with Crippen LogP contribution in [0.3, 0.4) is 0 Å². The van der Waals surface area contributed by atoms with E-state index in [1.54, 1.807) is 12.1 Å². The van der Waals surface area contributed by atoms with Gasteiger partial charge in [0.2, 0.25) is 0 Å². The topological polar surface area (TPSA) is 35.8 Å². The quantitative estimate of drug-likeness (QED) is 0.916. The van der Waals surface area contributed by atoms with Crippen LogP contribution in [0.25, 0.3) is 0 Å². The standard InChI is InChI=1S/C11H12BrFN2/c1-7(2)15-11(6-14)8-3-4-9(12)10(13)5-8/h3-5,7,11,15H,1-2H3. The lowest BCUT2D eigenvalue weighted by Gasteiger charge is -2.14. The summed E-state index contributed by atoms with van der Waals surface area (Å²) in [5, 5.41) is 12.0. The van der Waals surface area contributed by atoms with Gasteiger partial charge in [0.15, 0.2) is 0 Å². The fraction of sp³-hybridized carbons (Fsp3) is 0.364.